The summed E-state index contributed by atoms with van der Waals surface area (Å²) in [6, 6.07) is -0.708. The molecule has 1 amide bonds. The monoisotopic (exact) mass is 409 g/mol. The first-order chi connectivity index (χ1) is 10.8. The number of aromatic nitrogens is 4. The molecule has 2 rings (SSSR count). The summed E-state index contributed by atoms with van der Waals surface area (Å²) in [6.45, 7) is 4.01. The fourth-order valence-corrected chi connectivity index (χ4v) is 2.64. The molecule has 0 bridgehead atoms. The van der Waals surface area contributed by atoms with E-state index >= 15 is 0 Å². The third-order valence-electron chi connectivity index (χ3n) is 3.30. The van der Waals surface area contributed by atoms with Gasteiger partial charge in [0.1, 0.15) is 11.7 Å². The first-order valence-corrected chi connectivity index (χ1v) is 7.96. The third kappa shape index (κ3) is 4.08. The second-order valence-electron chi connectivity index (χ2n) is 4.92. The van der Waals surface area contributed by atoms with Gasteiger partial charge in [0.25, 0.3) is 6.43 Å². The first kappa shape index (κ1) is 17.9. The van der Waals surface area contributed by atoms with Crippen LogP contribution in [0.15, 0.2) is 16.9 Å². The zero-order chi connectivity index (χ0) is 17.1. The largest absolute Gasteiger partial charge is 0.352 e. The molecule has 0 saturated heterocycles. The van der Waals surface area contributed by atoms with Crippen molar-refractivity contribution in [1.29, 1.82) is 0 Å². The van der Waals surface area contributed by atoms with Crippen LogP contribution in [0.2, 0.25) is 5.02 Å². The molecule has 0 aromatic carbocycles. The van der Waals surface area contributed by atoms with Crippen LogP contribution in [0.4, 0.5) is 8.78 Å². The Morgan fingerprint density at radius 3 is 2.74 bits per heavy atom. The maximum Gasteiger partial charge on any atom is 0.283 e. The van der Waals surface area contributed by atoms with Crippen molar-refractivity contribution >= 4 is 33.4 Å². The van der Waals surface area contributed by atoms with Crippen molar-refractivity contribution in [3.8, 4) is 0 Å². The number of nitrogens with zero attached hydrogens (tertiary/aromatic N) is 4. The molecule has 10 heteroatoms. The van der Waals surface area contributed by atoms with Gasteiger partial charge in [0.05, 0.1) is 27.9 Å². The predicted octanol–water partition coefficient (Wildman–Crippen LogP) is 3.12. The van der Waals surface area contributed by atoms with Crippen LogP contribution in [0, 0.1) is 6.92 Å². The molecule has 0 aliphatic rings. The van der Waals surface area contributed by atoms with Gasteiger partial charge in [0.2, 0.25) is 5.91 Å². The third-order valence-corrected chi connectivity index (χ3v) is 4.47. The highest BCUT2D eigenvalue weighted by atomic mass is 79.9. The van der Waals surface area contributed by atoms with Gasteiger partial charge in [-0.15, -0.1) is 0 Å². The molecule has 126 valence electrons. The first-order valence-electron chi connectivity index (χ1n) is 6.79. The summed E-state index contributed by atoms with van der Waals surface area (Å²) in [5.74, 6) is -0.317. The molecule has 1 N–H and O–H groups in total. The molecule has 1 atom stereocenters. The number of amides is 1. The van der Waals surface area contributed by atoms with E-state index in [9.17, 15) is 13.6 Å². The quantitative estimate of drug-likeness (QED) is 0.796. The van der Waals surface area contributed by atoms with Crippen molar-refractivity contribution in [3.63, 3.8) is 0 Å². The van der Waals surface area contributed by atoms with E-state index in [1.807, 2.05) is 0 Å². The van der Waals surface area contributed by atoms with Gasteiger partial charge in [-0.05, 0) is 29.8 Å². The van der Waals surface area contributed by atoms with Gasteiger partial charge >= 0.3 is 0 Å². The fraction of sp³-hybridized carbons (Fsp3) is 0.462. The highest BCUT2D eigenvalue weighted by molar-refractivity contribution is 9.10. The lowest BCUT2D eigenvalue weighted by atomic mass is 10.3. The maximum atomic E-state index is 12.9. The van der Waals surface area contributed by atoms with E-state index < -0.39 is 12.5 Å². The van der Waals surface area contributed by atoms with Crippen molar-refractivity contribution in [2.24, 2.45) is 0 Å². The Labute approximate surface area is 144 Å². The van der Waals surface area contributed by atoms with Gasteiger partial charge in [-0.3, -0.25) is 14.2 Å². The van der Waals surface area contributed by atoms with Crippen LogP contribution >= 0.6 is 27.5 Å². The molecule has 0 radical (unpaired) electrons. The molecule has 0 fully saturated rings. The molecular weight excluding hydrogens is 396 g/mol. The molecule has 2 aromatic heterocycles. The van der Waals surface area contributed by atoms with Crippen molar-refractivity contribution in [3.05, 3.63) is 33.3 Å². The standard InChI is InChI=1S/C13H15BrClF2N5O/c1-7-10(14)11(12(16)17)20-22(7)8(2)13(23)18-3-4-21-6-9(15)5-19-21/h5-6,8,12H,3-4H2,1-2H3,(H,18,23)/t8-/m0/s1. The van der Waals surface area contributed by atoms with Gasteiger partial charge in [0.15, 0.2) is 0 Å². The van der Waals surface area contributed by atoms with Crippen LogP contribution in [-0.2, 0) is 11.3 Å². The van der Waals surface area contributed by atoms with E-state index in [1.165, 1.54) is 10.9 Å². The van der Waals surface area contributed by atoms with E-state index in [0.717, 1.165) is 0 Å². The highest BCUT2D eigenvalue weighted by Crippen LogP contribution is 2.30. The summed E-state index contributed by atoms with van der Waals surface area (Å²) in [5.41, 5.74) is 0.107. The minimum absolute atomic E-state index is 0.221. The van der Waals surface area contributed by atoms with Crippen LogP contribution in [0.3, 0.4) is 0 Å². The van der Waals surface area contributed by atoms with E-state index in [-0.39, 0.29) is 16.1 Å². The second-order valence-corrected chi connectivity index (χ2v) is 6.15. The molecule has 6 nitrogen and oxygen atoms in total. The molecule has 0 unspecified atom stereocenters. The summed E-state index contributed by atoms with van der Waals surface area (Å²) < 4.78 is 28.8. The fourth-order valence-electron chi connectivity index (χ4n) is 2.05. The SMILES string of the molecule is Cc1c(Br)c(C(F)F)nn1[C@@H](C)C(=O)NCCn1cc(Cl)cn1. The van der Waals surface area contributed by atoms with Crippen LogP contribution in [-0.4, -0.2) is 32.0 Å². The summed E-state index contributed by atoms with van der Waals surface area (Å²) >= 11 is 8.83. The van der Waals surface area contributed by atoms with Gasteiger partial charge < -0.3 is 5.32 Å². The van der Waals surface area contributed by atoms with E-state index in [4.69, 9.17) is 11.6 Å². The lowest BCUT2D eigenvalue weighted by Gasteiger charge is -2.14. The molecule has 0 aliphatic carbocycles. The van der Waals surface area contributed by atoms with Crippen molar-refractivity contribution in [2.75, 3.05) is 6.54 Å². The Morgan fingerprint density at radius 1 is 1.52 bits per heavy atom. The number of halogens is 4. The Balaban J connectivity index is 1.98. The Bertz CT molecular complexity index is 703. The summed E-state index contributed by atoms with van der Waals surface area (Å²) in [5, 5.41) is 11.0. The van der Waals surface area contributed by atoms with Crippen LogP contribution in [0.1, 0.15) is 30.8 Å². The smallest absolute Gasteiger partial charge is 0.283 e. The van der Waals surface area contributed by atoms with E-state index in [2.05, 4.69) is 31.4 Å². The number of alkyl halides is 2. The number of carbonyl (C=O) groups is 1. The average Bonchev–Trinajstić information content (AvgIpc) is 3.03. The van der Waals surface area contributed by atoms with Crippen molar-refractivity contribution in [2.45, 2.75) is 32.9 Å². The van der Waals surface area contributed by atoms with E-state index in [1.54, 1.807) is 24.7 Å². The zero-order valence-corrected chi connectivity index (χ0v) is 14.8. The number of hydrogen-bond donors (Lipinski definition) is 1. The summed E-state index contributed by atoms with van der Waals surface area (Å²) in [4.78, 5) is 12.2. The summed E-state index contributed by atoms with van der Waals surface area (Å²) in [7, 11) is 0. The molecule has 2 heterocycles. The lowest BCUT2D eigenvalue weighted by Crippen LogP contribution is -2.34. The molecule has 0 spiro atoms. The van der Waals surface area contributed by atoms with Gasteiger partial charge in [-0.25, -0.2) is 8.78 Å². The van der Waals surface area contributed by atoms with Crippen molar-refractivity contribution in [1.82, 2.24) is 24.9 Å². The van der Waals surface area contributed by atoms with E-state index in [0.29, 0.717) is 23.8 Å². The predicted molar refractivity (Wildman–Crippen MR) is 84.6 cm³/mol. The molecule has 23 heavy (non-hydrogen) atoms. The number of carbonyl (C=O) groups excluding carboxylic acids is 1. The van der Waals surface area contributed by atoms with Crippen LogP contribution in [0.25, 0.3) is 0 Å². The number of nitrogens with one attached hydrogen (secondary N) is 1. The minimum Gasteiger partial charge on any atom is -0.352 e. The lowest BCUT2D eigenvalue weighted by molar-refractivity contribution is -0.124. The van der Waals surface area contributed by atoms with Gasteiger partial charge in [0, 0.05) is 12.7 Å². The van der Waals surface area contributed by atoms with Crippen LogP contribution < -0.4 is 5.32 Å². The highest BCUT2D eigenvalue weighted by Gasteiger charge is 2.25. The minimum atomic E-state index is -2.70. The Hall–Kier alpha value is -1.48. The van der Waals surface area contributed by atoms with Gasteiger partial charge in [-0.2, -0.15) is 10.2 Å². The number of rotatable bonds is 6. The van der Waals surface area contributed by atoms with Gasteiger partial charge in [-0.1, -0.05) is 11.6 Å². The average molecular weight is 411 g/mol. The Kier molecular flexibility index (Phi) is 5.74. The second kappa shape index (κ2) is 7.39. The normalized spacial score (nSPS) is 12.7. The number of hydrogen-bond acceptors (Lipinski definition) is 3. The topological polar surface area (TPSA) is 64.7 Å². The zero-order valence-electron chi connectivity index (χ0n) is 12.4. The Morgan fingerprint density at radius 2 is 2.22 bits per heavy atom. The van der Waals surface area contributed by atoms with Crippen LogP contribution in [0.5, 0.6) is 0 Å². The van der Waals surface area contributed by atoms with Crippen molar-refractivity contribution < 1.29 is 13.6 Å². The molecule has 0 saturated carbocycles. The summed E-state index contributed by atoms with van der Waals surface area (Å²) in [6.07, 6.45) is 0.438. The maximum absolute atomic E-state index is 12.9. The molecule has 2 aromatic rings. The molecular formula is C13H15BrClF2N5O. The molecule has 0 aliphatic heterocycles.